The van der Waals surface area contributed by atoms with E-state index in [1.54, 1.807) is 0 Å². The molecule has 0 amide bonds. The lowest BCUT2D eigenvalue weighted by molar-refractivity contribution is -0.289. The van der Waals surface area contributed by atoms with Crippen molar-refractivity contribution in [2.75, 3.05) is 12.4 Å². The van der Waals surface area contributed by atoms with Crippen molar-refractivity contribution >= 4 is 12.6 Å². The smallest absolute Gasteiger partial charge is 0.186 e. The number of ether oxygens (including phenoxy) is 2. The summed E-state index contributed by atoms with van der Waals surface area (Å²) < 4.78 is 10.3. The van der Waals surface area contributed by atoms with Gasteiger partial charge >= 0.3 is 0 Å². The standard InChI is InChI=1S/C9H16O5S/c1-2-3-13-9-8(12)7(11)6(10)5(4-15)14-9/h2,5-12,15H,1,3-4H2. The quantitative estimate of drug-likeness (QED) is 0.369. The fourth-order valence-electron chi connectivity index (χ4n) is 1.37. The average Bonchev–Trinajstić information content (AvgIpc) is 2.25. The molecule has 0 saturated carbocycles. The van der Waals surface area contributed by atoms with Crippen LogP contribution in [0.15, 0.2) is 12.7 Å². The van der Waals surface area contributed by atoms with E-state index in [1.807, 2.05) is 0 Å². The molecule has 0 aromatic rings. The summed E-state index contributed by atoms with van der Waals surface area (Å²) in [5.41, 5.74) is 0. The fourth-order valence-corrected chi connectivity index (χ4v) is 1.67. The van der Waals surface area contributed by atoms with Crippen LogP contribution in [0, 0.1) is 0 Å². The second-order valence-electron chi connectivity index (χ2n) is 3.32. The Balaban J connectivity index is 2.60. The van der Waals surface area contributed by atoms with Gasteiger partial charge in [0.25, 0.3) is 0 Å². The molecule has 0 radical (unpaired) electrons. The molecule has 0 bridgehead atoms. The molecule has 15 heavy (non-hydrogen) atoms. The van der Waals surface area contributed by atoms with E-state index in [4.69, 9.17) is 9.47 Å². The van der Waals surface area contributed by atoms with Gasteiger partial charge in [-0.05, 0) is 0 Å². The highest BCUT2D eigenvalue weighted by atomic mass is 32.1. The molecule has 1 fully saturated rings. The molecule has 1 saturated heterocycles. The lowest BCUT2D eigenvalue weighted by Crippen LogP contribution is -2.58. The summed E-state index contributed by atoms with van der Waals surface area (Å²) in [4.78, 5) is 0. The average molecular weight is 236 g/mol. The molecule has 1 aliphatic rings. The third-order valence-electron chi connectivity index (χ3n) is 2.23. The van der Waals surface area contributed by atoms with Gasteiger partial charge in [-0.1, -0.05) is 6.08 Å². The van der Waals surface area contributed by atoms with E-state index in [2.05, 4.69) is 19.2 Å². The van der Waals surface area contributed by atoms with Crippen LogP contribution in [0.5, 0.6) is 0 Å². The van der Waals surface area contributed by atoms with E-state index < -0.39 is 30.7 Å². The zero-order chi connectivity index (χ0) is 11.4. The molecule has 1 rings (SSSR count). The van der Waals surface area contributed by atoms with Crippen LogP contribution in [-0.4, -0.2) is 58.4 Å². The Hall–Kier alpha value is -0.110. The minimum Gasteiger partial charge on any atom is -0.388 e. The number of aliphatic hydroxyl groups is 3. The molecular weight excluding hydrogens is 220 g/mol. The van der Waals surface area contributed by atoms with E-state index in [0.29, 0.717) is 0 Å². The predicted octanol–water partition coefficient (Wildman–Crippen LogP) is -1.07. The summed E-state index contributed by atoms with van der Waals surface area (Å²) >= 11 is 3.97. The summed E-state index contributed by atoms with van der Waals surface area (Å²) in [5, 5.41) is 28.5. The lowest BCUT2D eigenvalue weighted by Gasteiger charge is -2.39. The molecule has 0 aromatic heterocycles. The number of rotatable bonds is 4. The molecule has 0 spiro atoms. The normalized spacial score (nSPS) is 41.5. The highest BCUT2D eigenvalue weighted by Gasteiger charge is 2.43. The number of hydrogen-bond donors (Lipinski definition) is 4. The second-order valence-corrected chi connectivity index (χ2v) is 3.68. The van der Waals surface area contributed by atoms with E-state index >= 15 is 0 Å². The van der Waals surface area contributed by atoms with Crippen LogP contribution < -0.4 is 0 Å². The van der Waals surface area contributed by atoms with Gasteiger partial charge in [-0.2, -0.15) is 12.6 Å². The molecule has 0 aliphatic carbocycles. The maximum absolute atomic E-state index is 9.53. The Labute approximate surface area is 93.7 Å². The largest absolute Gasteiger partial charge is 0.388 e. The summed E-state index contributed by atoms with van der Waals surface area (Å²) in [7, 11) is 0. The Morgan fingerprint density at radius 3 is 2.47 bits per heavy atom. The maximum atomic E-state index is 9.53. The second kappa shape index (κ2) is 5.83. The van der Waals surface area contributed by atoms with E-state index in [-0.39, 0.29) is 12.4 Å². The minimum atomic E-state index is -1.29. The first kappa shape index (κ1) is 13.0. The van der Waals surface area contributed by atoms with Crippen molar-refractivity contribution in [3.05, 3.63) is 12.7 Å². The van der Waals surface area contributed by atoms with Crippen molar-refractivity contribution in [3.8, 4) is 0 Å². The first-order valence-corrected chi connectivity index (χ1v) is 5.28. The Bertz CT molecular complexity index is 211. The molecule has 5 nitrogen and oxygen atoms in total. The van der Waals surface area contributed by atoms with Crippen molar-refractivity contribution < 1.29 is 24.8 Å². The van der Waals surface area contributed by atoms with Gasteiger partial charge in [-0.15, -0.1) is 6.58 Å². The van der Waals surface area contributed by atoms with Crippen molar-refractivity contribution in [1.29, 1.82) is 0 Å². The monoisotopic (exact) mass is 236 g/mol. The van der Waals surface area contributed by atoms with Crippen molar-refractivity contribution in [2.24, 2.45) is 0 Å². The van der Waals surface area contributed by atoms with E-state index in [9.17, 15) is 15.3 Å². The van der Waals surface area contributed by atoms with Crippen LogP contribution in [0.4, 0.5) is 0 Å². The van der Waals surface area contributed by atoms with Gasteiger partial charge in [0, 0.05) is 5.75 Å². The number of hydrogen-bond acceptors (Lipinski definition) is 6. The Kier molecular flexibility index (Phi) is 5.04. The molecule has 5 atom stereocenters. The molecule has 3 N–H and O–H groups in total. The van der Waals surface area contributed by atoms with Gasteiger partial charge in [0.2, 0.25) is 0 Å². The molecule has 0 aromatic carbocycles. The SMILES string of the molecule is C=CCOC1OC(CS)C(O)C(O)C1O. The molecule has 1 heterocycles. The number of aliphatic hydroxyl groups excluding tert-OH is 3. The van der Waals surface area contributed by atoms with E-state index in [1.165, 1.54) is 6.08 Å². The van der Waals surface area contributed by atoms with Gasteiger partial charge in [-0.25, -0.2) is 0 Å². The van der Waals surface area contributed by atoms with Crippen LogP contribution in [0.3, 0.4) is 0 Å². The fraction of sp³-hybridized carbons (Fsp3) is 0.778. The molecular formula is C9H16O5S. The minimum absolute atomic E-state index is 0.198. The highest BCUT2D eigenvalue weighted by Crippen LogP contribution is 2.22. The zero-order valence-electron chi connectivity index (χ0n) is 8.19. The topological polar surface area (TPSA) is 79.2 Å². The van der Waals surface area contributed by atoms with Crippen LogP contribution in [0.2, 0.25) is 0 Å². The zero-order valence-corrected chi connectivity index (χ0v) is 9.09. The lowest BCUT2D eigenvalue weighted by atomic mass is 10.00. The Morgan fingerprint density at radius 2 is 1.93 bits per heavy atom. The van der Waals surface area contributed by atoms with Gasteiger partial charge < -0.3 is 24.8 Å². The van der Waals surface area contributed by atoms with Crippen LogP contribution >= 0.6 is 12.6 Å². The van der Waals surface area contributed by atoms with Gasteiger partial charge in [-0.3, -0.25) is 0 Å². The molecule has 6 heteroatoms. The third-order valence-corrected chi connectivity index (χ3v) is 2.59. The first-order chi connectivity index (χ1) is 7.11. The summed E-state index contributed by atoms with van der Waals surface area (Å²) in [6.45, 7) is 3.65. The molecule has 5 unspecified atom stereocenters. The molecule has 88 valence electrons. The summed E-state index contributed by atoms with van der Waals surface area (Å²) in [6.07, 6.45) is -3.81. The van der Waals surface area contributed by atoms with E-state index in [0.717, 1.165) is 0 Å². The number of thiol groups is 1. The van der Waals surface area contributed by atoms with Crippen molar-refractivity contribution in [1.82, 2.24) is 0 Å². The summed E-state index contributed by atoms with van der Waals surface area (Å²) in [6, 6.07) is 0. The third kappa shape index (κ3) is 2.93. The van der Waals surface area contributed by atoms with Crippen molar-refractivity contribution in [3.63, 3.8) is 0 Å². The van der Waals surface area contributed by atoms with Crippen molar-refractivity contribution in [2.45, 2.75) is 30.7 Å². The van der Waals surface area contributed by atoms with Gasteiger partial charge in [0.15, 0.2) is 6.29 Å². The first-order valence-electron chi connectivity index (χ1n) is 4.64. The van der Waals surface area contributed by atoms with Crippen LogP contribution in [-0.2, 0) is 9.47 Å². The highest BCUT2D eigenvalue weighted by molar-refractivity contribution is 7.80. The van der Waals surface area contributed by atoms with Crippen LogP contribution in [0.1, 0.15) is 0 Å². The Morgan fingerprint density at radius 1 is 1.27 bits per heavy atom. The van der Waals surface area contributed by atoms with Gasteiger partial charge in [0.1, 0.15) is 18.3 Å². The maximum Gasteiger partial charge on any atom is 0.186 e. The van der Waals surface area contributed by atoms with Crippen LogP contribution in [0.25, 0.3) is 0 Å². The molecule has 1 aliphatic heterocycles. The summed E-state index contributed by atoms with van der Waals surface area (Å²) in [5.74, 6) is 0.235. The predicted molar refractivity (Wildman–Crippen MR) is 56.7 cm³/mol. The van der Waals surface area contributed by atoms with Gasteiger partial charge in [0.05, 0.1) is 12.7 Å².